The van der Waals surface area contributed by atoms with Crippen LogP contribution < -0.4 is 25.2 Å². The Kier molecular flexibility index (Phi) is 8.82. The first kappa shape index (κ1) is 25.7. The first-order valence-corrected chi connectivity index (χ1v) is 12.3. The number of hydrogen-bond donors (Lipinski definition) is 3. The van der Waals surface area contributed by atoms with Gasteiger partial charge in [0.25, 0.3) is 0 Å². The molecule has 1 atom stereocenters. The number of primary amides is 1. The number of benzene rings is 3. The third-order valence-electron chi connectivity index (χ3n) is 5.03. The first-order valence-electron chi connectivity index (χ1n) is 10.8. The molecule has 0 saturated carbocycles. The van der Waals surface area contributed by atoms with Crippen molar-refractivity contribution < 1.29 is 27.5 Å². The average molecular weight is 498 g/mol. The summed E-state index contributed by atoms with van der Waals surface area (Å²) in [6.07, 6.45) is -0.274. The molecule has 0 fully saturated rings. The smallest absolute Gasteiger partial charge is 0.242 e. The Balaban J connectivity index is 1.66. The second-order valence-corrected chi connectivity index (χ2v) is 9.36. The Bertz CT molecular complexity index is 1230. The zero-order valence-electron chi connectivity index (χ0n) is 19.1. The van der Waals surface area contributed by atoms with Gasteiger partial charge in [0.2, 0.25) is 21.8 Å². The third-order valence-corrected chi connectivity index (χ3v) is 6.52. The molecule has 3 aromatic carbocycles. The van der Waals surface area contributed by atoms with Gasteiger partial charge < -0.3 is 20.5 Å². The summed E-state index contributed by atoms with van der Waals surface area (Å²) in [7, 11) is -2.58. The van der Waals surface area contributed by atoms with E-state index in [9.17, 15) is 18.0 Å². The lowest BCUT2D eigenvalue weighted by atomic mass is 10.1. The quantitative estimate of drug-likeness (QED) is 0.352. The molecular weight excluding hydrogens is 470 g/mol. The van der Waals surface area contributed by atoms with Gasteiger partial charge in [0.1, 0.15) is 24.1 Å². The fourth-order valence-electron chi connectivity index (χ4n) is 3.15. The molecule has 10 heteroatoms. The number of methoxy groups -OCH3 is 1. The van der Waals surface area contributed by atoms with Crippen molar-refractivity contribution in [3.63, 3.8) is 0 Å². The molecule has 1 unspecified atom stereocenters. The number of carbonyl (C=O) groups is 2. The van der Waals surface area contributed by atoms with Crippen LogP contribution in [0.3, 0.4) is 0 Å². The van der Waals surface area contributed by atoms with E-state index in [1.807, 2.05) is 30.3 Å². The lowest BCUT2D eigenvalue weighted by Gasteiger charge is -2.18. The number of sulfonamides is 1. The Hall–Kier alpha value is -3.89. The molecule has 3 aromatic rings. The molecule has 0 heterocycles. The minimum Gasteiger partial charge on any atom is -0.497 e. The largest absolute Gasteiger partial charge is 0.497 e. The van der Waals surface area contributed by atoms with Gasteiger partial charge in [-0.1, -0.05) is 30.3 Å². The van der Waals surface area contributed by atoms with Crippen LogP contribution in [0.5, 0.6) is 11.5 Å². The highest BCUT2D eigenvalue weighted by Gasteiger charge is 2.26. The maximum absolute atomic E-state index is 12.9. The number of carbonyl (C=O) groups excluding carboxylic acids is 2. The van der Waals surface area contributed by atoms with Crippen LogP contribution in [0, 0.1) is 0 Å². The lowest BCUT2D eigenvalue weighted by Crippen LogP contribution is -2.44. The van der Waals surface area contributed by atoms with E-state index in [1.165, 1.54) is 31.4 Å². The summed E-state index contributed by atoms with van der Waals surface area (Å²) in [6, 6.07) is 20.8. The number of nitrogens with one attached hydrogen (secondary N) is 2. The first-order chi connectivity index (χ1) is 16.8. The summed E-state index contributed by atoms with van der Waals surface area (Å²) >= 11 is 0. The lowest BCUT2D eigenvalue weighted by molar-refractivity contribution is -0.119. The van der Waals surface area contributed by atoms with Gasteiger partial charge in [-0.2, -0.15) is 4.72 Å². The maximum atomic E-state index is 12.9. The minimum atomic E-state index is -4.05. The predicted octanol–water partition coefficient (Wildman–Crippen LogP) is 2.83. The fraction of sp³-hybridized carbons (Fsp3) is 0.200. The van der Waals surface area contributed by atoms with E-state index >= 15 is 0 Å². The van der Waals surface area contributed by atoms with Crippen LogP contribution in [0.25, 0.3) is 0 Å². The normalized spacial score (nSPS) is 11.9. The minimum absolute atomic E-state index is 0.0462. The second kappa shape index (κ2) is 12.0. The second-order valence-electron chi connectivity index (χ2n) is 7.64. The molecule has 35 heavy (non-hydrogen) atoms. The standard InChI is InChI=1S/C25H27N3O6S/c1-33-20-11-13-22(14-12-20)35(31,32)28-23(15-16-24(26)29)25(30)27-19-7-9-21(10-8-19)34-17-18-5-3-2-4-6-18/h2-14,23,28H,15-17H2,1H3,(H2,26,29)(H,27,30). The highest BCUT2D eigenvalue weighted by molar-refractivity contribution is 7.89. The molecule has 0 spiro atoms. The molecule has 9 nitrogen and oxygen atoms in total. The van der Waals surface area contributed by atoms with Crippen LogP contribution in [0.2, 0.25) is 0 Å². The van der Waals surface area contributed by atoms with Gasteiger partial charge in [0.05, 0.1) is 12.0 Å². The van der Waals surface area contributed by atoms with Crippen molar-refractivity contribution in [2.45, 2.75) is 30.4 Å². The number of ether oxygens (including phenoxy) is 2. The van der Waals surface area contributed by atoms with E-state index < -0.39 is 27.9 Å². The molecule has 0 bridgehead atoms. The van der Waals surface area contributed by atoms with Crippen LogP contribution >= 0.6 is 0 Å². The highest BCUT2D eigenvalue weighted by atomic mass is 32.2. The van der Waals surface area contributed by atoms with Crippen LogP contribution in [0.15, 0.2) is 83.8 Å². The maximum Gasteiger partial charge on any atom is 0.242 e. The topological polar surface area (TPSA) is 137 Å². The molecule has 0 aliphatic rings. The van der Waals surface area contributed by atoms with Crippen molar-refractivity contribution in [1.82, 2.24) is 4.72 Å². The molecule has 4 N–H and O–H groups in total. The van der Waals surface area contributed by atoms with Gasteiger partial charge in [-0.25, -0.2) is 8.42 Å². The zero-order valence-corrected chi connectivity index (χ0v) is 20.0. The number of nitrogens with two attached hydrogens (primary N) is 1. The molecule has 0 aliphatic carbocycles. The van der Waals surface area contributed by atoms with E-state index in [4.69, 9.17) is 15.2 Å². The zero-order chi connectivity index (χ0) is 25.3. The third kappa shape index (κ3) is 7.83. The Morgan fingerprint density at radius 1 is 0.914 bits per heavy atom. The fourth-order valence-corrected chi connectivity index (χ4v) is 4.38. The van der Waals surface area contributed by atoms with Crippen molar-refractivity contribution in [3.05, 3.63) is 84.4 Å². The molecule has 0 aromatic heterocycles. The summed E-state index contributed by atoms with van der Waals surface area (Å²) in [5.41, 5.74) is 6.67. The predicted molar refractivity (Wildman–Crippen MR) is 131 cm³/mol. The summed E-state index contributed by atoms with van der Waals surface area (Å²) in [5, 5.41) is 2.67. The van der Waals surface area contributed by atoms with E-state index in [-0.39, 0.29) is 17.7 Å². The van der Waals surface area contributed by atoms with E-state index in [2.05, 4.69) is 10.0 Å². The molecular formula is C25H27N3O6S. The van der Waals surface area contributed by atoms with Crippen molar-refractivity contribution >= 4 is 27.5 Å². The number of anilines is 1. The summed E-state index contributed by atoms with van der Waals surface area (Å²) in [6.45, 7) is 0.398. The van der Waals surface area contributed by atoms with Gasteiger partial charge in [-0.3, -0.25) is 9.59 Å². The summed E-state index contributed by atoms with van der Waals surface area (Å²) in [4.78, 5) is 24.1. The molecule has 184 valence electrons. The van der Waals surface area contributed by atoms with Gasteiger partial charge in [-0.05, 0) is 60.5 Å². The van der Waals surface area contributed by atoms with Crippen LogP contribution in [0.1, 0.15) is 18.4 Å². The number of rotatable bonds is 12. The Morgan fingerprint density at radius 2 is 1.54 bits per heavy atom. The Labute approximate surface area is 204 Å². The van der Waals surface area contributed by atoms with E-state index in [0.29, 0.717) is 23.8 Å². The molecule has 0 aliphatic heterocycles. The van der Waals surface area contributed by atoms with Gasteiger partial charge in [0, 0.05) is 12.1 Å². The Morgan fingerprint density at radius 3 is 2.14 bits per heavy atom. The van der Waals surface area contributed by atoms with Crippen molar-refractivity contribution in [3.8, 4) is 11.5 Å². The van der Waals surface area contributed by atoms with Crippen molar-refractivity contribution in [1.29, 1.82) is 0 Å². The summed E-state index contributed by atoms with van der Waals surface area (Å²) in [5.74, 6) is -0.173. The average Bonchev–Trinajstić information content (AvgIpc) is 2.86. The highest BCUT2D eigenvalue weighted by Crippen LogP contribution is 2.19. The van der Waals surface area contributed by atoms with Crippen LogP contribution in [-0.4, -0.2) is 33.4 Å². The molecule has 0 saturated heterocycles. The number of hydrogen-bond acceptors (Lipinski definition) is 6. The molecule has 2 amide bonds. The SMILES string of the molecule is COc1ccc(S(=O)(=O)NC(CCC(N)=O)C(=O)Nc2ccc(OCc3ccccc3)cc2)cc1. The van der Waals surface area contributed by atoms with Crippen molar-refractivity contribution in [2.75, 3.05) is 12.4 Å². The van der Waals surface area contributed by atoms with Gasteiger partial charge in [0.15, 0.2) is 0 Å². The van der Waals surface area contributed by atoms with Crippen molar-refractivity contribution in [2.24, 2.45) is 5.73 Å². The number of amides is 2. The van der Waals surface area contributed by atoms with E-state index in [0.717, 1.165) is 5.56 Å². The molecule has 3 rings (SSSR count). The van der Waals surface area contributed by atoms with E-state index in [1.54, 1.807) is 24.3 Å². The van der Waals surface area contributed by atoms with Gasteiger partial charge >= 0.3 is 0 Å². The van der Waals surface area contributed by atoms with Crippen LogP contribution in [-0.2, 0) is 26.2 Å². The van der Waals surface area contributed by atoms with Crippen LogP contribution in [0.4, 0.5) is 5.69 Å². The monoisotopic (exact) mass is 497 g/mol. The molecule has 0 radical (unpaired) electrons. The summed E-state index contributed by atoms with van der Waals surface area (Å²) < 4.78 is 38.8. The van der Waals surface area contributed by atoms with Gasteiger partial charge in [-0.15, -0.1) is 0 Å².